The van der Waals surface area contributed by atoms with Gasteiger partial charge in [0.2, 0.25) is 0 Å². The van der Waals surface area contributed by atoms with Gasteiger partial charge in [-0.3, -0.25) is 0 Å². The summed E-state index contributed by atoms with van der Waals surface area (Å²) >= 11 is 0. The molecule has 0 radical (unpaired) electrons. The van der Waals surface area contributed by atoms with Crippen LogP contribution in [0.5, 0.6) is 0 Å². The second-order valence-electron chi connectivity index (χ2n) is 5.18. The Bertz CT molecular complexity index is 540. The van der Waals surface area contributed by atoms with E-state index in [1.54, 1.807) is 0 Å². The molecule has 0 spiro atoms. The zero-order valence-corrected chi connectivity index (χ0v) is 10.5. The maximum Gasteiger partial charge on any atom is 0.181 e. The number of hydrogen-bond donors (Lipinski definition) is 2. The standard InChI is InChI=1S/C14H18N2O2/c1-15-13(14(8-17)5-2-6-14)10-3-4-11-12(7-10)18-9-16-11/h3-4,7,9,13,15,17H,2,5-6,8H2,1H3. The fourth-order valence-electron chi connectivity index (χ4n) is 3.05. The van der Waals surface area contributed by atoms with Gasteiger partial charge in [0.15, 0.2) is 12.0 Å². The predicted molar refractivity (Wildman–Crippen MR) is 69.2 cm³/mol. The van der Waals surface area contributed by atoms with Crippen molar-refractivity contribution < 1.29 is 9.52 Å². The van der Waals surface area contributed by atoms with Gasteiger partial charge in [-0.05, 0) is 37.6 Å². The summed E-state index contributed by atoms with van der Waals surface area (Å²) in [5.41, 5.74) is 2.83. The van der Waals surface area contributed by atoms with Gasteiger partial charge in [0.05, 0.1) is 6.61 Å². The van der Waals surface area contributed by atoms with Gasteiger partial charge in [-0.15, -0.1) is 0 Å². The summed E-state index contributed by atoms with van der Waals surface area (Å²) in [4.78, 5) is 4.13. The van der Waals surface area contributed by atoms with Crippen molar-refractivity contribution in [3.63, 3.8) is 0 Å². The highest BCUT2D eigenvalue weighted by Gasteiger charge is 2.43. The topological polar surface area (TPSA) is 58.3 Å². The molecule has 1 aliphatic carbocycles. The maximum absolute atomic E-state index is 9.70. The highest BCUT2D eigenvalue weighted by atomic mass is 16.3. The molecule has 1 unspecified atom stereocenters. The molecular formula is C14H18N2O2. The van der Waals surface area contributed by atoms with Crippen molar-refractivity contribution in [3.05, 3.63) is 30.2 Å². The normalized spacial score (nSPS) is 19.7. The molecule has 1 heterocycles. The van der Waals surface area contributed by atoms with Crippen molar-refractivity contribution in [1.82, 2.24) is 10.3 Å². The van der Waals surface area contributed by atoms with Gasteiger partial charge < -0.3 is 14.8 Å². The third-order valence-corrected chi connectivity index (χ3v) is 4.25. The van der Waals surface area contributed by atoms with Crippen molar-refractivity contribution in [2.24, 2.45) is 5.41 Å². The van der Waals surface area contributed by atoms with E-state index in [1.165, 1.54) is 12.8 Å². The molecule has 2 aromatic rings. The summed E-state index contributed by atoms with van der Waals surface area (Å²) in [5.74, 6) is 0. The van der Waals surface area contributed by atoms with E-state index in [0.29, 0.717) is 0 Å². The number of nitrogens with one attached hydrogen (secondary N) is 1. The molecule has 4 heteroatoms. The van der Waals surface area contributed by atoms with E-state index < -0.39 is 0 Å². The van der Waals surface area contributed by atoms with E-state index in [2.05, 4.69) is 16.4 Å². The van der Waals surface area contributed by atoms with E-state index in [-0.39, 0.29) is 18.1 Å². The number of nitrogens with zero attached hydrogens (tertiary/aromatic N) is 1. The summed E-state index contributed by atoms with van der Waals surface area (Å²) < 4.78 is 5.35. The fraction of sp³-hybridized carbons (Fsp3) is 0.500. The highest BCUT2D eigenvalue weighted by molar-refractivity contribution is 5.73. The number of rotatable bonds is 4. The number of fused-ring (bicyclic) bond motifs is 1. The second kappa shape index (κ2) is 4.37. The molecule has 0 amide bonds. The Balaban J connectivity index is 1.99. The molecule has 2 N–H and O–H groups in total. The number of aromatic nitrogens is 1. The van der Waals surface area contributed by atoms with Gasteiger partial charge in [-0.1, -0.05) is 12.5 Å². The van der Waals surface area contributed by atoms with Crippen molar-refractivity contribution in [2.75, 3.05) is 13.7 Å². The zero-order chi connectivity index (χ0) is 12.6. The van der Waals surface area contributed by atoms with Crippen molar-refractivity contribution in [3.8, 4) is 0 Å². The van der Waals surface area contributed by atoms with Gasteiger partial charge in [-0.25, -0.2) is 4.98 Å². The van der Waals surface area contributed by atoms with Gasteiger partial charge >= 0.3 is 0 Å². The number of oxazole rings is 1. The molecule has 1 atom stereocenters. The monoisotopic (exact) mass is 246 g/mol. The van der Waals surface area contributed by atoms with E-state index >= 15 is 0 Å². The van der Waals surface area contributed by atoms with Crippen LogP contribution >= 0.6 is 0 Å². The van der Waals surface area contributed by atoms with Gasteiger partial charge in [0, 0.05) is 11.5 Å². The minimum absolute atomic E-state index is 0.0115. The van der Waals surface area contributed by atoms with Gasteiger partial charge in [-0.2, -0.15) is 0 Å². The number of aliphatic hydroxyl groups is 1. The molecule has 3 rings (SSSR count). The lowest BCUT2D eigenvalue weighted by Gasteiger charge is -2.46. The molecule has 18 heavy (non-hydrogen) atoms. The van der Waals surface area contributed by atoms with Crippen LogP contribution < -0.4 is 5.32 Å². The highest BCUT2D eigenvalue weighted by Crippen LogP contribution is 2.49. The maximum atomic E-state index is 9.70. The van der Waals surface area contributed by atoms with E-state index in [0.717, 1.165) is 29.5 Å². The van der Waals surface area contributed by atoms with Crippen LogP contribution in [0.4, 0.5) is 0 Å². The Labute approximate surface area is 106 Å². The van der Waals surface area contributed by atoms with Crippen LogP contribution in [0.3, 0.4) is 0 Å². The minimum Gasteiger partial charge on any atom is -0.443 e. The van der Waals surface area contributed by atoms with Crippen LogP contribution in [0, 0.1) is 5.41 Å². The number of aliphatic hydroxyl groups excluding tert-OH is 1. The van der Waals surface area contributed by atoms with Crippen LogP contribution in [-0.2, 0) is 0 Å². The largest absolute Gasteiger partial charge is 0.443 e. The minimum atomic E-state index is -0.0115. The Morgan fingerprint density at radius 2 is 2.33 bits per heavy atom. The zero-order valence-electron chi connectivity index (χ0n) is 10.5. The molecular weight excluding hydrogens is 228 g/mol. The summed E-state index contributed by atoms with van der Waals surface area (Å²) in [6.07, 6.45) is 4.81. The Kier molecular flexibility index (Phi) is 2.84. The van der Waals surface area contributed by atoms with Crippen LogP contribution in [0.15, 0.2) is 29.0 Å². The third-order valence-electron chi connectivity index (χ3n) is 4.25. The third kappa shape index (κ3) is 1.64. The van der Waals surface area contributed by atoms with E-state index in [9.17, 15) is 5.11 Å². The lowest BCUT2D eigenvalue weighted by molar-refractivity contribution is 0.00785. The molecule has 1 aliphatic rings. The molecule has 1 saturated carbocycles. The van der Waals surface area contributed by atoms with Crippen molar-refractivity contribution in [1.29, 1.82) is 0 Å². The first kappa shape index (κ1) is 11.7. The van der Waals surface area contributed by atoms with Gasteiger partial charge in [0.25, 0.3) is 0 Å². The van der Waals surface area contributed by atoms with Gasteiger partial charge in [0.1, 0.15) is 5.52 Å². The fourth-order valence-corrected chi connectivity index (χ4v) is 3.05. The molecule has 0 bridgehead atoms. The Morgan fingerprint density at radius 1 is 1.50 bits per heavy atom. The summed E-state index contributed by atoms with van der Waals surface area (Å²) in [7, 11) is 1.95. The summed E-state index contributed by atoms with van der Waals surface area (Å²) in [6, 6.07) is 6.24. The average molecular weight is 246 g/mol. The molecule has 1 aromatic carbocycles. The quantitative estimate of drug-likeness (QED) is 0.868. The first-order valence-electron chi connectivity index (χ1n) is 6.40. The Morgan fingerprint density at radius 3 is 2.94 bits per heavy atom. The van der Waals surface area contributed by atoms with Crippen LogP contribution in [-0.4, -0.2) is 23.7 Å². The predicted octanol–water partition coefficient (Wildman–Crippen LogP) is 2.25. The average Bonchev–Trinajstić information content (AvgIpc) is 2.80. The molecule has 96 valence electrons. The smallest absolute Gasteiger partial charge is 0.181 e. The molecule has 0 saturated heterocycles. The van der Waals surface area contributed by atoms with Crippen molar-refractivity contribution in [2.45, 2.75) is 25.3 Å². The van der Waals surface area contributed by atoms with Crippen LogP contribution in [0.1, 0.15) is 30.9 Å². The lowest BCUT2D eigenvalue weighted by Crippen LogP contribution is -2.44. The number of hydrogen-bond acceptors (Lipinski definition) is 4. The first-order chi connectivity index (χ1) is 8.79. The number of benzene rings is 1. The SMILES string of the molecule is CNC(c1ccc2ncoc2c1)C1(CO)CCC1. The molecule has 4 nitrogen and oxygen atoms in total. The second-order valence-corrected chi connectivity index (χ2v) is 5.18. The van der Waals surface area contributed by atoms with Crippen LogP contribution in [0.2, 0.25) is 0 Å². The summed E-state index contributed by atoms with van der Waals surface area (Å²) in [5, 5.41) is 13.0. The molecule has 1 aromatic heterocycles. The van der Waals surface area contributed by atoms with E-state index in [1.807, 2.05) is 19.2 Å². The van der Waals surface area contributed by atoms with Crippen LogP contribution in [0.25, 0.3) is 11.1 Å². The first-order valence-corrected chi connectivity index (χ1v) is 6.40. The Hall–Kier alpha value is -1.39. The molecule has 1 fully saturated rings. The molecule has 0 aliphatic heterocycles. The summed E-state index contributed by atoms with van der Waals surface area (Å²) in [6.45, 7) is 0.229. The van der Waals surface area contributed by atoms with E-state index in [4.69, 9.17) is 4.42 Å². The lowest BCUT2D eigenvalue weighted by atomic mass is 9.63. The van der Waals surface area contributed by atoms with Crippen molar-refractivity contribution >= 4 is 11.1 Å².